The minimum atomic E-state index is -3.57. The fraction of sp³-hybridized carbons (Fsp3) is 0.409. The maximum Gasteiger partial charge on any atom is 0.277 e. The van der Waals surface area contributed by atoms with E-state index in [0.717, 1.165) is 28.4 Å². The Balaban J connectivity index is 1.79. The Hall–Kier alpha value is -2.41. The lowest BCUT2D eigenvalue weighted by Gasteiger charge is -2.35. The fourth-order valence-corrected chi connectivity index (χ4v) is 5.70. The highest BCUT2D eigenvalue weighted by Crippen LogP contribution is 2.34. The van der Waals surface area contributed by atoms with Crippen LogP contribution in [0.15, 0.2) is 23.0 Å². The predicted octanol–water partition coefficient (Wildman–Crippen LogP) is 3.29. The van der Waals surface area contributed by atoms with E-state index in [9.17, 15) is 18.0 Å². The van der Waals surface area contributed by atoms with Crippen molar-refractivity contribution in [3.8, 4) is 0 Å². The first kappa shape index (κ1) is 23.7. The van der Waals surface area contributed by atoms with Crippen LogP contribution >= 0.6 is 22.6 Å². The van der Waals surface area contributed by atoms with Crippen LogP contribution in [0.4, 0.5) is 5.69 Å². The van der Waals surface area contributed by atoms with Crippen LogP contribution in [0.3, 0.4) is 0 Å². The molecule has 1 atom stereocenters. The summed E-state index contributed by atoms with van der Waals surface area (Å²) in [5.41, 5.74) is 3.69. The summed E-state index contributed by atoms with van der Waals surface area (Å²) in [5, 5.41) is 4.55. The molecule has 0 spiro atoms. The van der Waals surface area contributed by atoms with E-state index in [2.05, 4.69) is 37.4 Å². The van der Waals surface area contributed by atoms with E-state index in [0.29, 0.717) is 46.7 Å². The van der Waals surface area contributed by atoms with Gasteiger partial charge in [-0.25, -0.2) is 8.42 Å². The van der Waals surface area contributed by atoms with Gasteiger partial charge in [-0.2, -0.15) is 9.61 Å². The van der Waals surface area contributed by atoms with Crippen LogP contribution in [-0.4, -0.2) is 46.6 Å². The number of nitrogens with one attached hydrogen (secondary N) is 2. The molecule has 11 heteroatoms. The Morgan fingerprint density at radius 1 is 1.21 bits per heavy atom. The van der Waals surface area contributed by atoms with E-state index in [1.165, 1.54) is 4.52 Å². The largest absolute Gasteiger partial charge is 0.343 e. The second-order valence-electron chi connectivity index (χ2n) is 8.58. The van der Waals surface area contributed by atoms with E-state index in [1.807, 2.05) is 19.1 Å². The van der Waals surface area contributed by atoms with Crippen LogP contribution in [-0.2, 0) is 10.0 Å². The van der Waals surface area contributed by atoms with Crippen molar-refractivity contribution < 1.29 is 13.2 Å². The number of amides is 1. The van der Waals surface area contributed by atoms with Crippen molar-refractivity contribution in [2.45, 2.75) is 46.1 Å². The van der Waals surface area contributed by atoms with Crippen molar-refractivity contribution >= 4 is 49.9 Å². The Morgan fingerprint density at radius 3 is 2.64 bits per heavy atom. The van der Waals surface area contributed by atoms with Gasteiger partial charge in [-0.15, -0.1) is 0 Å². The van der Waals surface area contributed by atoms with Crippen molar-refractivity contribution in [3.63, 3.8) is 0 Å². The summed E-state index contributed by atoms with van der Waals surface area (Å²) in [7, 11) is -3.57. The molecule has 0 radical (unpaired) electrons. The molecule has 0 aliphatic carbocycles. The molecule has 0 bridgehead atoms. The number of hydrogen-bond acceptors (Lipinski definition) is 5. The summed E-state index contributed by atoms with van der Waals surface area (Å²) in [6.45, 7) is 5.89. The van der Waals surface area contributed by atoms with Crippen LogP contribution in [0.25, 0.3) is 5.65 Å². The number of piperidine rings is 1. The highest BCUT2D eigenvalue weighted by molar-refractivity contribution is 14.1. The number of likely N-dealkylation sites (tertiary alicyclic amines) is 1. The van der Waals surface area contributed by atoms with Crippen LogP contribution in [0, 0.1) is 24.3 Å². The Morgan fingerprint density at radius 2 is 1.94 bits per heavy atom. The summed E-state index contributed by atoms with van der Waals surface area (Å²) in [6.07, 6.45) is 3.54. The zero-order chi connectivity index (χ0) is 24.1. The average molecular weight is 583 g/mol. The summed E-state index contributed by atoms with van der Waals surface area (Å²) >= 11 is 2.12. The van der Waals surface area contributed by atoms with Crippen molar-refractivity contribution in [1.82, 2.24) is 19.5 Å². The number of fused-ring (bicyclic) bond motifs is 1. The van der Waals surface area contributed by atoms with Crippen molar-refractivity contribution in [2.24, 2.45) is 0 Å². The topological polar surface area (TPSA) is 117 Å². The number of aromatic nitrogens is 3. The highest BCUT2D eigenvalue weighted by atomic mass is 127. The normalized spacial score (nSPS) is 16.9. The molecular weight excluding hydrogens is 557 g/mol. The number of benzene rings is 1. The maximum atomic E-state index is 13.8. The van der Waals surface area contributed by atoms with Crippen molar-refractivity contribution in [2.75, 3.05) is 17.5 Å². The van der Waals surface area contributed by atoms with Crippen molar-refractivity contribution in [3.05, 3.63) is 60.2 Å². The van der Waals surface area contributed by atoms with E-state index in [4.69, 9.17) is 0 Å². The highest BCUT2D eigenvalue weighted by Gasteiger charge is 2.32. The molecule has 4 rings (SSSR count). The standard InChI is InChI=1S/C22H26IN5O4S/c1-12-9-15(23)10-16(20(12)26-33(4,31)32)22(30)27-8-6-5-7-18(27)17-11-19-24-14(3)13(2)21(29)28(19)25-17/h9-11,18,24,26H,5-8H2,1-4H3/t18-/m0/s1. The van der Waals surface area contributed by atoms with Gasteiger partial charge in [-0.3, -0.25) is 14.3 Å². The molecule has 2 N–H and O–H groups in total. The predicted molar refractivity (Wildman–Crippen MR) is 135 cm³/mol. The van der Waals surface area contributed by atoms with Crippen molar-refractivity contribution in [1.29, 1.82) is 0 Å². The zero-order valence-electron chi connectivity index (χ0n) is 18.9. The maximum absolute atomic E-state index is 13.8. The SMILES string of the molecule is Cc1cc(I)cc(C(=O)N2CCCC[C@H]2c2cc3[nH]c(C)c(C)c(=O)n3n2)c1NS(C)(=O)=O. The van der Waals surface area contributed by atoms with Crippen LogP contribution < -0.4 is 10.3 Å². The summed E-state index contributed by atoms with van der Waals surface area (Å²) in [5.74, 6) is -0.261. The number of H-pyrrole nitrogens is 1. The number of carbonyl (C=O) groups excluding carboxylic acids is 1. The van der Waals surface area contributed by atoms with Gasteiger partial charge in [0, 0.05) is 27.4 Å². The number of carbonyl (C=O) groups is 1. The van der Waals surface area contributed by atoms with Gasteiger partial charge in [0.05, 0.1) is 29.2 Å². The number of anilines is 1. The minimum absolute atomic E-state index is 0.186. The average Bonchev–Trinajstić information content (AvgIpc) is 3.16. The van der Waals surface area contributed by atoms with Gasteiger partial charge in [-0.05, 0) is 80.3 Å². The van der Waals surface area contributed by atoms with Gasteiger partial charge < -0.3 is 9.88 Å². The fourth-order valence-electron chi connectivity index (χ4n) is 4.28. The number of halogens is 1. The first-order valence-electron chi connectivity index (χ1n) is 10.6. The molecule has 0 unspecified atom stereocenters. The summed E-state index contributed by atoms with van der Waals surface area (Å²) in [6, 6.07) is 5.04. The molecular formula is C22H26IN5O4S. The van der Waals surface area contributed by atoms with Crippen LogP contribution in [0.2, 0.25) is 0 Å². The number of aromatic amines is 1. The number of aryl methyl sites for hydroxylation is 2. The first-order chi connectivity index (χ1) is 15.5. The quantitative estimate of drug-likeness (QED) is 0.458. The van der Waals surface area contributed by atoms with Crippen LogP contribution in [0.5, 0.6) is 0 Å². The van der Waals surface area contributed by atoms with Gasteiger partial charge in [0.2, 0.25) is 10.0 Å². The third kappa shape index (κ3) is 4.65. The third-order valence-electron chi connectivity index (χ3n) is 6.04. The smallest absolute Gasteiger partial charge is 0.277 e. The second kappa shape index (κ2) is 8.75. The summed E-state index contributed by atoms with van der Waals surface area (Å²) < 4.78 is 28.7. The molecule has 0 saturated carbocycles. The molecule has 1 saturated heterocycles. The molecule has 1 amide bonds. The molecule has 1 aromatic carbocycles. The molecule has 1 aliphatic rings. The summed E-state index contributed by atoms with van der Waals surface area (Å²) in [4.78, 5) is 31.4. The van der Waals surface area contributed by atoms with E-state index in [1.54, 1.807) is 24.8 Å². The lowest BCUT2D eigenvalue weighted by atomic mass is 9.97. The van der Waals surface area contributed by atoms with Gasteiger partial charge in [-0.1, -0.05) is 0 Å². The monoisotopic (exact) mass is 583 g/mol. The van der Waals surface area contributed by atoms with Gasteiger partial charge in [0.25, 0.3) is 11.5 Å². The Labute approximate surface area is 205 Å². The number of hydrogen-bond donors (Lipinski definition) is 2. The van der Waals surface area contributed by atoms with Crippen LogP contribution in [0.1, 0.15) is 58.2 Å². The van der Waals surface area contributed by atoms with E-state index < -0.39 is 10.0 Å². The number of rotatable bonds is 4. The number of sulfonamides is 1. The van der Waals surface area contributed by atoms with E-state index in [-0.39, 0.29) is 17.5 Å². The van der Waals surface area contributed by atoms with Gasteiger partial charge in [0.15, 0.2) is 0 Å². The Bertz CT molecular complexity index is 1430. The lowest BCUT2D eigenvalue weighted by Crippen LogP contribution is -2.39. The molecule has 9 nitrogen and oxygen atoms in total. The van der Waals surface area contributed by atoms with Gasteiger partial charge in [0.1, 0.15) is 5.65 Å². The molecule has 1 fully saturated rings. The molecule has 33 heavy (non-hydrogen) atoms. The lowest BCUT2D eigenvalue weighted by molar-refractivity contribution is 0.0606. The molecule has 2 aromatic heterocycles. The number of nitrogens with zero attached hydrogens (tertiary/aromatic N) is 3. The van der Waals surface area contributed by atoms with E-state index >= 15 is 0 Å². The Kier molecular flexibility index (Phi) is 6.29. The molecule has 3 aromatic rings. The second-order valence-corrected chi connectivity index (χ2v) is 11.6. The third-order valence-corrected chi connectivity index (χ3v) is 7.24. The minimum Gasteiger partial charge on any atom is -0.343 e. The van der Waals surface area contributed by atoms with Gasteiger partial charge >= 0.3 is 0 Å². The zero-order valence-corrected chi connectivity index (χ0v) is 21.9. The first-order valence-corrected chi connectivity index (χ1v) is 13.6. The molecule has 176 valence electrons. The molecule has 1 aliphatic heterocycles. The molecule has 3 heterocycles.